The number of nitrogens with two attached hydrogens (primary N) is 1. The summed E-state index contributed by atoms with van der Waals surface area (Å²) in [6.07, 6.45) is 0.811. The van der Waals surface area contributed by atoms with E-state index in [1.807, 2.05) is 0 Å². The van der Waals surface area contributed by atoms with Crippen LogP contribution in [0.3, 0.4) is 0 Å². The molecule has 1 aromatic heterocycles. The molecular weight excluding hydrogens is 216 g/mol. The topological polar surface area (TPSA) is 68.2 Å². The number of likely N-dealkylation sites (N-methyl/N-ethyl adjacent to an activating group) is 1. The van der Waals surface area contributed by atoms with Crippen LogP contribution < -0.4 is 5.73 Å². The molecule has 1 atom stereocenters. The largest absolute Gasteiger partial charge is 0.339 e. The predicted octanol–water partition coefficient (Wildman–Crippen LogP) is 1.61. The van der Waals surface area contributed by atoms with Gasteiger partial charge in [0.15, 0.2) is 5.82 Å². The molecule has 1 unspecified atom stereocenters. The molecule has 0 aliphatic rings. The zero-order valence-electron chi connectivity index (χ0n) is 11.3. The lowest BCUT2D eigenvalue weighted by atomic mass is 10.1. The van der Waals surface area contributed by atoms with Gasteiger partial charge in [-0.3, -0.25) is 0 Å². The van der Waals surface area contributed by atoms with Crippen molar-refractivity contribution in [1.29, 1.82) is 0 Å². The fourth-order valence-electron chi connectivity index (χ4n) is 1.69. The Balaban J connectivity index is 2.56. The summed E-state index contributed by atoms with van der Waals surface area (Å²) in [7, 11) is 0. The van der Waals surface area contributed by atoms with Gasteiger partial charge in [-0.15, -0.1) is 0 Å². The molecule has 1 rings (SSSR count). The van der Waals surface area contributed by atoms with E-state index in [-0.39, 0.29) is 6.04 Å². The van der Waals surface area contributed by atoms with Crippen LogP contribution in [0.5, 0.6) is 0 Å². The summed E-state index contributed by atoms with van der Waals surface area (Å²) >= 11 is 0. The summed E-state index contributed by atoms with van der Waals surface area (Å²) in [5.74, 6) is 1.82. The SMILES string of the molecule is CCN(CC)CC(N)c1noc(CC(C)C)n1. The molecule has 0 bridgehead atoms. The van der Waals surface area contributed by atoms with E-state index in [4.69, 9.17) is 10.3 Å². The number of aromatic nitrogens is 2. The maximum Gasteiger partial charge on any atom is 0.226 e. The maximum atomic E-state index is 6.06. The van der Waals surface area contributed by atoms with Crippen molar-refractivity contribution in [3.05, 3.63) is 11.7 Å². The van der Waals surface area contributed by atoms with E-state index in [9.17, 15) is 0 Å². The minimum Gasteiger partial charge on any atom is -0.339 e. The van der Waals surface area contributed by atoms with E-state index >= 15 is 0 Å². The van der Waals surface area contributed by atoms with Crippen LogP contribution in [0.25, 0.3) is 0 Å². The Morgan fingerprint density at radius 1 is 1.29 bits per heavy atom. The van der Waals surface area contributed by atoms with Crippen molar-refractivity contribution in [3.63, 3.8) is 0 Å². The van der Waals surface area contributed by atoms with Crippen molar-refractivity contribution >= 4 is 0 Å². The minimum atomic E-state index is -0.167. The Morgan fingerprint density at radius 2 is 1.94 bits per heavy atom. The van der Waals surface area contributed by atoms with Gasteiger partial charge in [0.25, 0.3) is 0 Å². The van der Waals surface area contributed by atoms with E-state index in [1.165, 1.54) is 0 Å². The van der Waals surface area contributed by atoms with E-state index in [0.29, 0.717) is 17.6 Å². The number of hydrogen-bond acceptors (Lipinski definition) is 5. The monoisotopic (exact) mass is 240 g/mol. The van der Waals surface area contributed by atoms with Crippen molar-refractivity contribution in [1.82, 2.24) is 15.0 Å². The van der Waals surface area contributed by atoms with Gasteiger partial charge in [0.05, 0.1) is 6.04 Å². The standard InChI is InChI=1S/C12H24N4O/c1-5-16(6-2)8-10(13)12-14-11(17-15-12)7-9(3)4/h9-10H,5-8,13H2,1-4H3. The van der Waals surface area contributed by atoms with E-state index < -0.39 is 0 Å². The predicted molar refractivity (Wildman–Crippen MR) is 67.6 cm³/mol. The third-order valence-electron chi connectivity index (χ3n) is 2.75. The summed E-state index contributed by atoms with van der Waals surface area (Å²) in [6, 6.07) is -0.167. The average molecular weight is 240 g/mol. The highest BCUT2D eigenvalue weighted by molar-refractivity contribution is 4.94. The third kappa shape index (κ3) is 4.44. The Labute approximate surface area is 103 Å². The van der Waals surface area contributed by atoms with Crippen LogP contribution in [0.1, 0.15) is 45.5 Å². The zero-order chi connectivity index (χ0) is 12.8. The van der Waals surface area contributed by atoms with Crippen molar-refractivity contribution in [3.8, 4) is 0 Å². The molecule has 0 spiro atoms. The summed E-state index contributed by atoms with van der Waals surface area (Å²) in [6.45, 7) is 11.2. The van der Waals surface area contributed by atoms with Gasteiger partial charge in [-0.25, -0.2) is 0 Å². The Kier molecular flexibility index (Phi) is 5.58. The van der Waals surface area contributed by atoms with Gasteiger partial charge >= 0.3 is 0 Å². The molecule has 0 aliphatic heterocycles. The van der Waals surface area contributed by atoms with Crippen LogP contribution in [0, 0.1) is 5.92 Å². The fraction of sp³-hybridized carbons (Fsp3) is 0.833. The van der Waals surface area contributed by atoms with E-state index in [0.717, 1.165) is 26.1 Å². The molecule has 0 aliphatic carbocycles. The van der Waals surface area contributed by atoms with E-state index in [1.54, 1.807) is 0 Å². The molecule has 0 fully saturated rings. The number of rotatable bonds is 7. The maximum absolute atomic E-state index is 6.06. The summed E-state index contributed by atoms with van der Waals surface area (Å²) in [5.41, 5.74) is 6.06. The summed E-state index contributed by atoms with van der Waals surface area (Å²) in [4.78, 5) is 6.60. The molecular formula is C12H24N4O. The van der Waals surface area contributed by atoms with Crippen LogP contribution in [-0.4, -0.2) is 34.7 Å². The zero-order valence-corrected chi connectivity index (χ0v) is 11.3. The highest BCUT2D eigenvalue weighted by Gasteiger charge is 2.16. The Morgan fingerprint density at radius 3 is 2.47 bits per heavy atom. The lowest BCUT2D eigenvalue weighted by Crippen LogP contribution is -2.32. The Bertz CT molecular complexity index is 320. The molecule has 0 saturated carbocycles. The first-order chi connectivity index (χ1) is 8.06. The molecule has 17 heavy (non-hydrogen) atoms. The fourth-order valence-corrected chi connectivity index (χ4v) is 1.69. The summed E-state index contributed by atoms with van der Waals surface area (Å²) < 4.78 is 5.19. The van der Waals surface area contributed by atoms with Gasteiger partial charge in [-0.2, -0.15) is 4.98 Å². The average Bonchev–Trinajstić information content (AvgIpc) is 2.73. The molecule has 0 radical (unpaired) electrons. The molecule has 1 aromatic rings. The van der Waals surface area contributed by atoms with Gasteiger partial charge in [-0.1, -0.05) is 32.9 Å². The van der Waals surface area contributed by atoms with Crippen LogP contribution in [0.2, 0.25) is 0 Å². The second-order valence-electron chi connectivity index (χ2n) is 4.74. The molecule has 0 amide bonds. The minimum absolute atomic E-state index is 0.167. The lowest BCUT2D eigenvalue weighted by Gasteiger charge is -2.20. The smallest absolute Gasteiger partial charge is 0.226 e. The number of hydrogen-bond donors (Lipinski definition) is 1. The third-order valence-corrected chi connectivity index (χ3v) is 2.75. The molecule has 5 nitrogen and oxygen atoms in total. The normalized spacial score (nSPS) is 13.6. The van der Waals surface area contributed by atoms with Gasteiger partial charge in [0.2, 0.25) is 5.89 Å². The molecule has 5 heteroatoms. The second kappa shape index (κ2) is 6.71. The first-order valence-electron chi connectivity index (χ1n) is 6.37. The second-order valence-corrected chi connectivity index (χ2v) is 4.74. The number of nitrogens with zero attached hydrogens (tertiary/aromatic N) is 3. The lowest BCUT2D eigenvalue weighted by molar-refractivity contribution is 0.277. The highest BCUT2D eigenvalue weighted by atomic mass is 16.5. The van der Waals surface area contributed by atoms with Crippen LogP contribution in [-0.2, 0) is 6.42 Å². The van der Waals surface area contributed by atoms with Crippen LogP contribution >= 0.6 is 0 Å². The molecule has 0 saturated heterocycles. The first-order valence-corrected chi connectivity index (χ1v) is 6.37. The van der Waals surface area contributed by atoms with Gasteiger partial charge < -0.3 is 15.2 Å². The Hall–Kier alpha value is -0.940. The van der Waals surface area contributed by atoms with Crippen molar-refractivity contribution in [2.45, 2.75) is 40.2 Å². The first kappa shape index (κ1) is 14.1. The highest BCUT2D eigenvalue weighted by Crippen LogP contribution is 2.11. The van der Waals surface area contributed by atoms with Crippen molar-refractivity contribution in [2.75, 3.05) is 19.6 Å². The molecule has 0 aromatic carbocycles. The van der Waals surface area contributed by atoms with Gasteiger partial charge in [-0.05, 0) is 19.0 Å². The molecule has 98 valence electrons. The van der Waals surface area contributed by atoms with Crippen molar-refractivity contribution < 1.29 is 4.52 Å². The van der Waals surface area contributed by atoms with Crippen LogP contribution in [0.15, 0.2) is 4.52 Å². The quantitative estimate of drug-likeness (QED) is 0.784. The van der Waals surface area contributed by atoms with E-state index in [2.05, 4.69) is 42.7 Å². The molecule has 2 N–H and O–H groups in total. The van der Waals surface area contributed by atoms with Crippen molar-refractivity contribution in [2.24, 2.45) is 11.7 Å². The molecule has 1 heterocycles. The summed E-state index contributed by atoms with van der Waals surface area (Å²) in [5, 5.41) is 3.95. The van der Waals surface area contributed by atoms with Gasteiger partial charge in [0.1, 0.15) is 0 Å². The van der Waals surface area contributed by atoms with Crippen LogP contribution in [0.4, 0.5) is 0 Å². The van der Waals surface area contributed by atoms with Gasteiger partial charge in [0, 0.05) is 13.0 Å².